The Hall–Kier alpha value is -4.98. The van der Waals surface area contributed by atoms with Gasteiger partial charge in [-0.1, -0.05) is 72.8 Å². The summed E-state index contributed by atoms with van der Waals surface area (Å²) in [4.78, 5) is 43.8. The van der Waals surface area contributed by atoms with Crippen molar-refractivity contribution in [3.05, 3.63) is 120 Å². The third kappa shape index (κ3) is 9.50. The number of carboxylic acids is 1. The Morgan fingerprint density at radius 2 is 1.60 bits per heavy atom. The number of aryl methyl sites for hydroxylation is 1. The van der Waals surface area contributed by atoms with Crippen molar-refractivity contribution in [2.75, 3.05) is 13.1 Å². The van der Waals surface area contributed by atoms with Crippen molar-refractivity contribution >= 4 is 17.8 Å². The monoisotopic (exact) mass is 605 g/mol. The van der Waals surface area contributed by atoms with E-state index in [1.165, 1.54) is 0 Å². The first-order valence-electron chi connectivity index (χ1n) is 15.5. The minimum atomic E-state index is -1.07. The van der Waals surface area contributed by atoms with Crippen molar-refractivity contribution < 1.29 is 24.2 Å². The van der Waals surface area contributed by atoms with Gasteiger partial charge in [0.2, 0.25) is 11.8 Å². The van der Waals surface area contributed by atoms with E-state index in [4.69, 9.17) is 4.74 Å². The zero-order valence-electron chi connectivity index (χ0n) is 25.3. The summed E-state index contributed by atoms with van der Waals surface area (Å²) < 4.78 is 5.81. The Morgan fingerprint density at radius 1 is 0.867 bits per heavy atom. The highest BCUT2D eigenvalue weighted by atomic mass is 16.5. The molecule has 1 unspecified atom stereocenters. The highest BCUT2D eigenvalue weighted by Gasteiger charge is 2.26. The fourth-order valence-electron chi connectivity index (χ4n) is 5.65. The predicted octanol–water partition coefficient (Wildman–Crippen LogP) is 5.70. The normalized spacial score (nSPS) is 14.0. The average molecular weight is 606 g/mol. The van der Waals surface area contributed by atoms with Gasteiger partial charge in [-0.15, -0.1) is 0 Å². The number of rotatable bonds is 13. The van der Waals surface area contributed by atoms with Crippen LogP contribution in [-0.4, -0.2) is 51.9 Å². The van der Waals surface area contributed by atoms with Crippen molar-refractivity contribution in [3.63, 3.8) is 0 Å². The minimum Gasteiger partial charge on any atom is -0.489 e. The molecular formula is C37H39N3O5. The number of aromatic nitrogens is 1. The summed E-state index contributed by atoms with van der Waals surface area (Å²) in [6, 6.07) is 28.2. The van der Waals surface area contributed by atoms with E-state index in [9.17, 15) is 19.5 Å². The summed E-state index contributed by atoms with van der Waals surface area (Å²) >= 11 is 0. The summed E-state index contributed by atoms with van der Waals surface area (Å²) in [6.45, 7) is 1.66. The molecule has 2 N–H and O–H groups in total. The lowest BCUT2D eigenvalue weighted by molar-refractivity contribution is -0.142. The number of hydrogen-bond donors (Lipinski definition) is 2. The fraction of sp³-hybridized carbons (Fsp3) is 0.297. The predicted molar refractivity (Wildman–Crippen MR) is 172 cm³/mol. The van der Waals surface area contributed by atoms with E-state index in [1.54, 1.807) is 6.20 Å². The SMILES string of the molecule is O=C(CC1CCN(C(=O)CCc2cccc(-c3cccnc3)c2)CC1)NC(Cc1ccc(OCc2ccccc2)cc1)C(=O)O. The Labute approximate surface area is 264 Å². The molecule has 232 valence electrons. The maximum absolute atomic E-state index is 12.9. The van der Waals surface area contributed by atoms with Crippen molar-refractivity contribution in [3.8, 4) is 16.9 Å². The van der Waals surface area contributed by atoms with E-state index in [-0.39, 0.29) is 30.6 Å². The first-order valence-corrected chi connectivity index (χ1v) is 15.5. The second kappa shape index (κ2) is 15.7. The molecule has 1 aliphatic heterocycles. The maximum Gasteiger partial charge on any atom is 0.326 e. The van der Waals surface area contributed by atoms with E-state index >= 15 is 0 Å². The van der Waals surface area contributed by atoms with Crippen LogP contribution in [0.4, 0.5) is 0 Å². The molecule has 2 amide bonds. The first kappa shape index (κ1) is 31.4. The zero-order valence-corrected chi connectivity index (χ0v) is 25.3. The van der Waals surface area contributed by atoms with Crippen molar-refractivity contribution in [1.29, 1.82) is 0 Å². The molecule has 0 aliphatic carbocycles. The number of amides is 2. The summed E-state index contributed by atoms with van der Waals surface area (Å²) in [5.41, 5.74) is 5.10. The average Bonchev–Trinajstić information content (AvgIpc) is 3.08. The largest absolute Gasteiger partial charge is 0.489 e. The number of hydrogen-bond acceptors (Lipinski definition) is 5. The number of likely N-dealkylation sites (tertiary alicyclic amines) is 1. The lowest BCUT2D eigenvalue weighted by atomic mass is 9.92. The number of pyridine rings is 1. The Bertz CT molecular complexity index is 1550. The van der Waals surface area contributed by atoms with Crippen LogP contribution in [0, 0.1) is 5.92 Å². The van der Waals surface area contributed by atoms with Gasteiger partial charge in [-0.05, 0) is 71.2 Å². The molecule has 0 radical (unpaired) electrons. The molecule has 5 rings (SSSR count). The van der Waals surface area contributed by atoms with Gasteiger partial charge in [-0.25, -0.2) is 4.79 Å². The summed E-state index contributed by atoms with van der Waals surface area (Å²) in [5.74, 6) is -0.422. The number of nitrogens with one attached hydrogen (secondary N) is 1. The molecule has 0 bridgehead atoms. The van der Waals surface area contributed by atoms with Gasteiger partial charge in [0, 0.05) is 44.7 Å². The Kier molecular flexibility index (Phi) is 10.9. The molecule has 0 saturated carbocycles. The molecule has 3 aromatic carbocycles. The molecular weight excluding hydrogens is 566 g/mol. The van der Waals surface area contributed by atoms with E-state index < -0.39 is 12.0 Å². The molecule has 8 nitrogen and oxygen atoms in total. The van der Waals surface area contributed by atoms with Crippen LogP contribution in [0.15, 0.2) is 103 Å². The highest BCUT2D eigenvalue weighted by Crippen LogP contribution is 2.23. The van der Waals surface area contributed by atoms with Gasteiger partial charge < -0.3 is 20.1 Å². The van der Waals surface area contributed by atoms with Crippen LogP contribution in [0.25, 0.3) is 11.1 Å². The zero-order chi connectivity index (χ0) is 31.4. The molecule has 8 heteroatoms. The van der Waals surface area contributed by atoms with Crippen molar-refractivity contribution in [2.45, 2.75) is 51.2 Å². The van der Waals surface area contributed by atoms with Crippen LogP contribution in [0.3, 0.4) is 0 Å². The van der Waals surface area contributed by atoms with Crippen LogP contribution >= 0.6 is 0 Å². The summed E-state index contributed by atoms with van der Waals surface area (Å²) in [6.07, 6.45) is 6.54. The van der Waals surface area contributed by atoms with Gasteiger partial charge in [0.25, 0.3) is 0 Å². The minimum absolute atomic E-state index is 0.112. The molecule has 1 aromatic heterocycles. The fourth-order valence-corrected chi connectivity index (χ4v) is 5.65. The third-order valence-electron chi connectivity index (χ3n) is 8.24. The lowest BCUT2D eigenvalue weighted by Crippen LogP contribution is -2.44. The molecule has 1 aliphatic rings. The van der Waals surface area contributed by atoms with Gasteiger partial charge in [0.15, 0.2) is 0 Å². The first-order chi connectivity index (χ1) is 21.9. The number of piperidine rings is 1. The van der Waals surface area contributed by atoms with E-state index in [1.807, 2.05) is 96.0 Å². The molecule has 1 fully saturated rings. The van der Waals surface area contributed by atoms with Crippen LogP contribution < -0.4 is 10.1 Å². The Morgan fingerprint density at radius 3 is 2.31 bits per heavy atom. The van der Waals surface area contributed by atoms with E-state index in [2.05, 4.69) is 16.4 Å². The van der Waals surface area contributed by atoms with Gasteiger partial charge in [0.05, 0.1) is 0 Å². The highest BCUT2D eigenvalue weighted by molar-refractivity contribution is 5.84. The molecule has 4 aromatic rings. The summed E-state index contributed by atoms with van der Waals surface area (Å²) in [5, 5.41) is 12.5. The second-order valence-electron chi connectivity index (χ2n) is 11.6. The maximum atomic E-state index is 12.9. The Balaban J connectivity index is 1.03. The second-order valence-corrected chi connectivity index (χ2v) is 11.6. The van der Waals surface area contributed by atoms with E-state index in [0.717, 1.165) is 40.7 Å². The molecule has 1 atom stereocenters. The number of carbonyl (C=O) groups is 3. The van der Waals surface area contributed by atoms with Crippen LogP contribution in [-0.2, 0) is 33.8 Å². The van der Waals surface area contributed by atoms with Gasteiger partial charge in [0.1, 0.15) is 18.4 Å². The van der Waals surface area contributed by atoms with Gasteiger partial charge in [-0.3, -0.25) is 14.6 Å². The topological polar surface area (TPSA) is 109 Å². The van der Waals surface area contributed by atoms with Crippen LogP contribution in [0.2, 0.25) is 0 Å². The number of carboxylic acid groups (broad SMARTS) is 1. The van der Waals surface area contributed by atoms with E-state index in [0.29, 0.717) is 38.3 Å². The number of benzene rings is 3. The molecule has 2 heterocycles. The van der Waals surface area contributed by atoms with Crippen LogP contribution in [0.5, 0.6) is 5.75 Å². The van der Waals surface area contributed by atoms with Gasteiger partial charge >= 0.3 is 5.97 Å². The number of nitrogens with zero attached hydrogens (tertiary/aromatic N) is 2. The number of aliphatic carboxylic acids is 1. The number of carbonyl (C=O) groups excluding carboxylic acids is 2. The lowest BCUT2D eigenvalue weighted by Gasteiger charge is -2.32. The molecule has 1 saturated heterocycles. The van der Waals surface area contributed by atoms with Crippen molar-refractivity contribution in [1.82, 2.24) is 15.2 Å². The molecule has 45 heavy (non-hydrogen) atoms. The van der Waals surface area contributed by atoms with Crippen LogP contribution in [0.1, 0.15) is 42.4 Å². The summed E-state index contributed by atoms with van der Waals surface area (Å²) in [7, 11) is 0. The standard InChI is InChI=1S/C37H39N3O5/c41-35(39-34(37(43)44)23-28-11-14-33(15-12-28)45-26-30-6-2-1-3-7-30)24-29-17-20-40(21-18-29)36(42)16-13-27-8-4-9-31(22-27)32-10-5-19-38-25-32/h1-12,14-15,19,22,25,29,34H,13,16-18,20-21,23-24,26H2,(H,39,41)(H,43,44). The third-order valence-corrected chi connectivity index (χ3v) is 8.24. The van der Waals surface area contributed by atoms with Gasteiger partial charge in [-0.2, -0.15) is 0 Å². The molecule has 0 spiro atoms. The number of ether oxygens (including phenoxy) is 1. The quantitative estimate of drug-likeness (QED) is 0.202. The smallest absolute Gasteiger partial charge is 0.326 e. The van der Waals surface area contributed by atoms with Crippen molar-refractivity contribution in [2.24, 2.45) is 5.92 Å².